The monoisotopic (exact) mass is 794 g/mol. The van der Waals surface area contributed by atoms with Gasteiger partial charge in [0.2, 0.25) is 5.89 Å². The SMILES string of the molecule is c1ccc(-c2cc(-c3ccccc3)cc(-c3nc(-c4ccccc4)nc(-c4cc(-c5cccc6ccc7nc(-c8ccccc8)oc7c56)cc5oc6ccccc6c45)n3)c2)cc1. The van der Waals surface area contributed by atoms with Crippen molar-refractivity contribution < 1.29 is 8.83 Å². The minimum Gasteiger partial charge on any atom is -0.456 e. The average molecular weight is 795 g/mol. The number of furan rings is 1. The molecule has 0 aliphatic heterocycles. The molecule has 12 aromatic rings. The highest BCUT2D eigenvalue weighted by Crippen LogP contribution is 2.43. The first-order chi connectivity index (χ1) is 30.7. The van der Waals surface area contributed by atoms with E-state index in [1.165, 1.54) is 0 Å². The van der Waals surface area contributed by atoms with Gasteiger partial charge in [-0.2, -0.15) is 0 Å². The van der Waals surface area contributed by atoms with Gasteiger partial charge in [-0.05, 0) is 93.4 Å². The van der Waals surface area contributed by atoms with Crippen LogP contribution < -0.4 is 0 Å². The summed E-state index contributed by atoms with van der Waals surface area (Å²) in [6.07, 6.45) is 0. The number of nitrogens with zero attached hydrogens (tertiary/aromatic N) is 4. The van der Waals surface area contributed by atoms with E-state index in [1.54, 1.807) is 0 Å². The average Bonchev–Trinajstić information content (AvgIpc) is 3.97. The van der Waals surface area contributed by atoms with Crippen LogP contribution in [0, 0.1) is 0 Å². The number of fused-ring (bicyclic) bond motifs is 6. The third-order valence-electron chi connectivity index (χ3n) is 11.5. The van der Waals surface area contributed by atoms with E-state index in [2.05, 4.69) is 109 Å². The molecule has 0 unspecified atom stereocenters. The van der Waals surface area contributed by atoms with Crippen molar-refractivity contribution in [3.63, 3.8) is 0 Å². The van der Waals surface area contributed by atoms with Crippen LogP contribution in [0.2, 0.25) is 0 Å². The van der Waals surface area contributed by atoms with Gasteiger partial charge >= 0.3 is 0 Å². The summed E-state index contributed by atoms with van der Waals surface area (Å²) in [4.78, 5) is 20.8. The first kappa shape index (κ1) is 35.5. The Bertz CT molecular complexity index is 3560. The van der Waals surface area contributed by atoms with E-state index in [0.29, 0.717) is 23.4 Å². The molecule has 6 nitrogen and oxygen atoms in total. The van der Waals surface area contributed by atoms with Crippen LogP contribution in [0.15, 0.2) is 215 Å². The van der Waals surface area contributed by atoms with Gasteiger partial charge in [0.25, 0.3) is 0 Å². The number of rotatable bonds is 7. The van der Waals surface area contributed by atoms with Gasteiger partial charge in [0.15, 0.2) is 23.1 Å². The van der Waals surface area contributed by atoms with Gasteiger partial charge in [-0.1, -0.05) is 152 Å². The van der Waals surface area contributed by atoms with Gasteiger partial charge in [-0.15, -0.1) is 0 Å². The predicted octanol–water partition coefficient (Wildman–Crippen LogP) is 14.7. The Morgan fingerprint density at radius 1 is 0.306 bits per heavy atom. The summed E-state index contributed by atoms with van der Waals surface area (Å²) in [6, 6.07) is 70.5. The number of para-hydroxylation sites is 1. The number of hydrogen-bond acceptors (Lipinski definition) is 6. The van der Waals surface area contributed by atoms with Crippen molar-refractivity contribution in [2.75, 3.05) is 0 Å². The van der Waals surface area contributed by atoms with Gasteiger partial charge < -0.3 is 8.83 Å². The summed E-state index contributed by atoms with van der Waals surface area (Å²) < 4.78 is 13.3. The molecule has 3 heterocycles. The minimum absolute atomic E-state index is 0.537. The van der Waals surface area contributed by atoms with Crippen LogP contribution >= 0.6 is 0 Å². The van der Waals surface area contributed by atoms with E-state index in [1.807, 2.05) is 97.1 Å². The predicted molar refractivity (Wildman–Crippen MR) is 250 cm³/mol. The molecule has 0 bridgehead atoms. The van der Waals surface area contributed by atoms with Gasteiger partial charge in [-0.25, -0.2) is 19.9 Å². The molecule has 0 radical (unpaired) electrons. The second-order valence-corrected chi connectivity index (χ2v) is 15.4. The summed E-state index contributed by atoms with van der Waals surface area (Å²) >= 11 is 0. The van der Waals surface area contributed by atoms with Gasteiger partial charge in [-0.3, -0.25) is 0 Å². The molecule has 290 valence electrons. The lowest BCUT2D eigenvalue weighted by molar-refractivity contribution is 0.623. The van der Waals surface area contributed by atoms with Crippen LogP contribution in [-0.4, -0.2) is 19.9 Å². The number of oxazole rings is 1. The van der Waals surface area contributed by atoms with Crippen molar-refractivity contribution in [3.05, 3.63) is 206 Å². The molecule has 12 rings (SSSR count). The zero-order valence-corrected chi connectivity index (χ0v) is 33.2. The Hall–Kier alpha value is -8.48. The lowest BCUT2D eigenvalue weighted by Gasteiger charge is -2.14. The van der Waals surface area contributed by atoms with Crippen molar-refractivity contribution in [2.24, 2.45) is 0 Å². The normalized spacial score (nSPS) is 11.5. The number of aromatic nitrogens is 4. The molecule has 0 spiro atoms. The molecule has 0 fully saturated rings. The molecule has 6 heteroatoms. The Balaban J connectivity index is 1.13. The van der Waals surface area contributed by atoms with E-state index in [0.717, 1.165) is 99.4 Å². The van der Waals surface area contributed by atoms with Gasteiger partial charge in [0.05, 0.1) is 0 Å². The zero-order valence-electron chi connectivity index (χ0n) is 33.2. The van der Waals surface area contributed by atoms with E-state index >= 15 is 0 Å². The molecular weight excluding hydrogens is 761 g/mol. The van der Waals surface area contributed by atoms with Crippen LogP contribution in [-0.2, 0) is 0 Å². The van der Waals surface area contributed by atoms with E-state index < -0.39 is 0 Å². The lowest BCUT2D eigenvalue weighted by Crippen LogP contribution is -2.01. The molecule has 62 heavy (non-hydrogen) atoms. The lowest BCUT2D eigenvalue weighted by atomic mass is 9.94. The maximum Gasteiger partial charge on any atom is 0.227 e. The third-order valence-corrected chi connectivity index (χ3v) is 11.5. The Morgan fingerprint density at radius 2 is 0.887 bits per heavy atom. The molecule has 0 saturated carbocycles. The van der Waals surface area contributed by atoms with Crippen molar-refractivity contribution in [2.45, 2.75) is 0 Å². The molecule has 0 aliphatic rings. The second-order valence-electron chi connectivity index (χ2n) is 15.4. The Morgan fingerprint density at radius 3 is 1.58 bits per heavy atom. The fraction of sp³-hybridized carbons (Fsp3) is 0. The van der Waals surface area contributed by atoms with E-state index in [9.17, 15) is 0 Å². The van der Waals surface area contributed by atoms with Crippen molar-refractivity contribution in [1.29, 1.82) is 0 Å². The summed E-state index contributed by atoms with van der Waals surface area (Å²) in [5, 5.41) is 3.92. The first-order valence-electron chi connectivity index (χ1n) is 20.6. The number of hydrogen-bond donors (Lipinski definition) is 0. The van der Waals surface area contributed by atoms with Crippen LogP contribution in [0.25, 0.3) is 123 Å². The largest absolute Gasteiger partial charge is 0.456 e. The second kappa shape index (κ2) is 14.7. The molecule has 0 saturated heterocycles. The topological polar surface area (TPSA) is 77.8 Å². The van der Waals surface area contributed by atoms with Gasteiger partial charge in [0.1, 0.15) is 16.7 Å². The highest BCUT2D eigenvalue weighted by atomic mass is 16.3. The molecule has 0 aliphatic carbocycles. The van der Waals surface area contributed by atoms with Crippen molar-refractivity contribution in [3.8, 4) is 79.0 Å². The Kier molecular flexibility index (Phi) is 8.38. The maximum absolute atomic E-state index is 6.69. The standard InChI is InChI=1S/C56H34N4O2/c1-5-16-35(17-6-1)40-30-41(36-18-7-2-8-19-36)32-43(31-40)54-58-53(38-20-9-3-10-21-38)59-55(60-54)46-33-42(34-49-51(46)45-25-13-14-27-48(45)61-49)44-26-15-24-37-28-29-47-52(50(37)44)62-56(57-47)39-22-11-4-12-23-39/h1-34H. The fourth-order valence-electron chi connectivity index (χ4n) is 8.58. The molecule has 9 aromatic carbocycles. The van der Waals surface area contributed by atoms with E-state index in [-0.39, 0.29) is 0 Å². The minimum atomic E-state index is 0.537. The molecule has 0 amide bonds. The summed E-state index contributed by atoms with van der Waals surface area (Å²) in [6.45, 7) is 0. The van der Waals surface area contributed by atoms with E-state index in [4.69, 9.17) is 28.8 Å². The molecular formula is C56H34N4O2. The summed E-state index contributed by atoms with van der Waals surface area (Å²) in [7, 11) is 0. The molecule has 0 N–H and O–H groups in total. The zero-order chi connectivity index (χ0) is 41.0. The quantitative estimate of drug-likeness (QED) is 0.160. The highest BCUT2D eigenvalue weighted by molar-refractivity contribution is 6.16. The van der Waals surface area contributed by atoms with Crippen LogP contribution in [0.4, 0.5) is 0 Å². The van der Waals surface area contributed by atoms with Crippen molar-refractivity contribution >= 4 is 43.8 Å². The maximum atomic E-state index is 6.69. The van der Waals surface area contributed by atoms with Gasteiger partial charge in [0, 0.05) is 38.4 Å². The summed E-state index contributed by atoms with van der Waals surface area (Å²) in [5.74, 6) is 2.26. The first-order valence-corrected chi connectivity index (χ1v) is 20.6. The molecule has 0 atom stereocenters. The highest BCUT2D eigenvalue weighted by Gasteiger charge is 2.22. The van der Waals surface area contributed by atoms with Crippen molar-refractivity contribution in [1.82, 2.24) is 19.9 Å². The van der Waals surface area contributed by atoms with Crippen LogP contribution in [0.3, 0.4) is 0 Å². The Labute approximate surface area is 356 Å². The number of benzene rings is 9. The fourth-order valence-corrected chi connectivity index (χ4v) is 8.58. The summed E-state index contributed by atoms with van der Waals surface area (Å²) in [5.41, 5.74) is 12.8. The van der Waals surface area contributed by atoms with Crippen LogP contribution in [0.1, 0.15) is 0 Å². The smallest absolute Gasteiger partial charge is 0.227 e. The van der Waals surface area contributed by atoms with Crippen LogP contribution in [0.5, 0.6) is 0 Å². The third kappa shape index (κ3) is 6.21. The molecule has 3 aromatic heterocycles.